The Morgan fingerprint density at radius 2 is 2.00 bits per heavy atom. The lowest BCUT2D eigenvalue weighted by Gasteiger charge is -2.16. The number of halogens is 1. The standard InChI is InChI=1S/C7H13FO/c1-4-6(9)7(2,3)5-8/h4-5H2,1-3H3. The molecule has 0 aromatic rings. The number of Topliss-reactive ketones (excluding diaryl/α,β-unsaturated/α-hetero) is 1. The molecule has 0 bridgehead atoms. The number of carbonyl (C=O) groups is 1. The minimum atomic E-state index is -0.755. The number of ketones is 1. The summed E-state index contributed by atoms with van der Waals surface area (Å²) < 4.78 is 12.0. The predicted octanol–water partition coefficient (Wildman–Crippen LogP) is 1.96. The number of hydrogen-bond acceptors (Lipinski definition) is 1. The lowest BCUT2D eigenvalue weighted by molar-refractivity contribution is -0.127. The van der Waals surface area contributed by atoms with Crippen LogP contribution in [0.1, 0.15) is 27.2 Å². The van der Waals surface area contributed by atoms with Crippen LogP contribution in [0.15, 0.2) is 0 Å². The van der Waals surface area contributed by atoms with Gasteiger partial charge in [-0.25, -0.2) is 0 Å². The van der Waals surface area contributed by atoms with Crippen molar-refractivity contribution in [3.63, 3.8) is 0 Å². The van der Waals surface area contributed by atoms with E-state index in [1.165, 1.54) is 0 Å². The van der Waals surface area contributed by atoms with Crippen molar-refractivity contribution in [3.05, 3.63) is 0 Å². The van der Waals surface area contributed by atoms with E-state index in [-0.39, 0.29) is 5.78 Å². The zero-order valence-electron chi connectivity index (χ0n) is 6.20. The molecule has 1 nitrogen and oxygen atoms in total. The maximum atomic E-state index is 12.0. The molecule has 54 valence electrons. The van der Waals surface area contributed by atoms with Crippen LogP contribution in [0, 0.1) is 5.41 Å². The fourth-order valence-electron chi connectivity index (χ4n) is 0.553. The van der Waals surface area contributed by atoms with Crippen LogP contribution in [0.4, 0.5) is 4.39 Å². The Hall–Kier alpha value is -0.400. The van der Waals surface area contributed by atoms with Crippen LogP contribution in [0.2, 0.25) is 0 Å². The summed E-state index contributed by atoms with van der Waals surface area (Å²) in [4.78, 5) is 10.8. The largest absolute Gasteiger partial charge is 0.299 e. The zero-order valence-corrected chi connectivity index (χ0v) is 6.20. The first-order valence-electron chi connectivity index (χ1n) is 3.14. The summed E-state index contributed by atoms with van der Waals surface area (Å²) in [5, 5.41) is 0. The van der Waals surface area contributed by atoms with E-state index in [9.17, 15) is 9.18 Å². The van der Waals surface area contributed by atoms with Gasteiger partial charge in [0, 0.05) is 6.42 Å². The second kappa shape index (κ2) is 2.95. The molecule has 0 aromatic carbocycles. The Bertz CT molecular complexity index is 107. The molecule has 0 saturated carbocycles. The lowest BCUT2D eigenvalue weighted by Crippen LogP contribution is -2.25. The third-order valence-electron chi connectivity index (χ3n) is 1.41. The van der Waals surface area contributed by atoms with Crippen LogP contribution in [0.5, 0.6) is 0 Å². The van der Waals surface area contributed by atoms with Gasteiger partial charge in [-0.2, -0.15) is 0 Å². The van der Waals surface area contributed by atoms with E-state index < -0.39 is 12.1 Å². The maximum absolute atomic E-state index is 12.0. The Labute approximate surface area is 55.3 Å². The second-order valence-corrected chi connectivity index (χ2v) is 2.79. The van der Waals surface area contributed by atoms with Gasteiger partial charge in [0.1, 0.15) is 12.5 Å². The van der Waals surface area contributed by atoms with E-state index in [1.54, 1.807) is 20.8 Å². The van der Waals surface area contributed by atoms with Crippen molar-refractivity contribution < 1.29 is 9.18 Å². The monoisotopic (exact) mass is 132 g/mol. The summed E-state index contributed by atoms with van der Waals surface area (Å²) in [7, 11) is 0. The Morgan fingerprint density at radius 3 is 2.11 bits per heavy atom. The topological polar surface area (TPSA) is 17.1 Å². The molecule has 0 rings (SSSR count). The fraction of sp³-hybridized carbons (Fsp3) is 0.857. The Kier molecular flexibility index (Phi) is 2.82. The van der Waals surface area contributed by atoms with Crippen LogP contribution in [-0.4, -0.2) is 12.5 Å². The van der Waals surface area contributed by atoms with Crippen molar-refractivity contribution in [1.82, 2.24) is 0 Å². The van der Waals surface area contributed by atoms with E-state index >= 15 is 0 Å². The van der Waals surface area contributed by atoms with Crippen LogP contribution in [0.3, 0.4) is 0 Å². The van der Waals surface area contributed by atoms with Crippen molar-refractivity contribution >= 4 is 5.78 Å². The molecule has 9 heavy (non-hydrogen) atoms. The molecular weight excluding hydrogens is 119 g/mol. The van der Waals surface area contributed by atoms with Gasteiger partial charge >= 0.3 is 0 Å². The molecule has 0 aliphatic rings. The van der Waals surface area contributed by atoms with Gasteiger partial charge in [-0.05, 0) is 0 Å². The summed E-state index contributed by atoms with van der Waals surface area (Å²) in [6.07, 6.45) is 0.427. The van der Waals surface area contributed by atoms with Crippen molar-refractivity contribution in [2.75, 3.05) is 6.67 Å². The van der Waals surface area contributed by atoms with Crippen molar-refractivity contribution in [3.8, 4) is 0 Å². The molecule has 0 aliphatic heterocycles. The highest BCUT2D eigenvalue weighted by molar-refractivity contribution is 5.83. The van der Waals surface area contributed by atoms with Gasteiger partial charge in [-0.15, -0.1) is 0 Å². The molecule has 0 unspecified atom stereocenters. The fourth-order valence-corrected chi connectivity index (χ4v) is 0.553. The van der Waals surface area contributed by atoms with Crippen molar-refractivity contribution in [1.29, 1.82) is 0 Å². The lowest BCUT2D eigenvalue weighted by atomic mass is 9.88. The van der Waals surface area contributed by atoms with Gasteiger partial charge in [-0.3, -0.25) is 9.18 Å². The Morgan fingerprint density at radius 1 is 1.56 bits per heavy atom. The molecule has 0 fully saturated rings. The highest BCUT2D eigenvalue weighted by Gasteiger charge is 2.24. The summed E-state index contributed by atoms with van der Waals surface area (Å²) in [5.74, 6) is -0.00926. The van der Waals surface area contributed by atoms with E-state index in [4.69, 9.17) is 0 Å². The first kappa shape index (κ1) is 8.60. The predicted molar refractivity (Wildman–Crippen MR) is 35.1 cm³/mol. The summed E-state index contributed by atoms with van der Waals surface area (Å²) >= 11 is 0. The van der Waals surface area contributed by atoms with Gasteiger partial charge in [0.2, 0.25) is 0 Å². The van der Waals surface area contributed by atoms with Crippen LogP contribution in [0.25, 0.3) is 0 Å². The Balaban J connectivity index is 3.97. The normalized spacial score (nSPS) is 11.6. The van der Waals surface area contributed by atoms with Gasteiger partial charge in [-0.1, -0.05) is 20.8 Å². The summed E-state index contributed by atoms with van der Waals surface area (Å²) in [6, 6.07) is 0. The van der Waals surface area contributed by atoms with Gasteiger partial charge in [0.25, 0.3) is 0 Å². The van der Waals surface area contributed by atoms with E-state index in [0.29, 0.717) is 6.42 Å². The van der Waals surface area contributed by atoms with Crippen LogP contribution >= 0.6 is 0 Å². The highest BCUT2D eigenvalue weighted by atomic mass is 19.1. The van der Waals surface area contributed by atoms with Gasteiger partial charge in [0.15, 0.2) is 0 Å². The summed E-state index contributed by atoms with van der Waals surface area (Å²) in [6.45, 7) is 4.44. The molecule has 0 radical (unpaired) electrons. The minimum absolute atomic E-state index is 0.00926. The van der Waals surface area contributed by atoms with Crippen molar-refractivity contribution in [2.24, 2.45) is 5.41 Å². The van der Waals surface area contributed by atoms with Crippen LogP contribution < -0.4 is 0 Å². The number of alkyl halides is 1. The number of hydrogen-bond donors (Lipinski definition) is 0. The van der Waals surface area contributed by atoms with E-state index in [1.807, 2.05) is 0 Å². The molecule has 0 heterocycles. The zero-order chi connectivity index (χ0) is 7.49. The van der Waals surface area contributed by atoms with Gasteiger partial charge < -0.3 is 0 Å². The third kappa shape index (κ3) is 2.12. The van der Waals surface area contributed by atoms with E-state index in [2.05, 4.69) is 0 Å². The maximum Gasteiger partial charge on any atom is 0.140 e. The first-order valence-corrected chi connectivity index (χ1v) is 3.14. The third-order valence-corrected chi connectivity index (χ3v) is 1.41. The van der Waals surface area contributed by atoms with Crippen molar-refractivity contribution in [2.45, 2.75) is 27.2 Å². The molecule has 0 atom stereocenters. The molecular formula is C7H13FO. The number of rotatable bonds is 3. The first-order chi connectivity index (χ1) is 4.04. The molecule has 0 saturated heterocycles. The molecule has 0 amide bonds. The van der Waals surface area contributed by atoms with Crippen LogP contribution in [-0.2, 0) is 4.79 Å². The average Bonchev–Trinajstić information content (AvgIpc) is 1.86. The number of carbonyl (C=O) groups excluding carboxylic acids is 1. The van der Waals surface area contributed by atoms with Gasteiger partial charge in [0.05, 0.1) is 5.41 Å². The molecule has 0 aromatic heterocycles. The minimum Gasteiger partial charge on any atom is -0.299 e. The smallest absolute Gasteiger partial charge is 0.140 e. The second-order valence-electron chi connectivity index (χ2n) is 2.79. The van der Waals surface area contributed by atoms with E-state index in [0.717, 1.165) is 0 Å². The molecule has 0 N–H and O–H groups in total. The molecule has 2 heteroatoms. The average molecular weight is 132 g/mol. The quantitative estimate of drug-likeness (QED) is 0.573. The summed E-state index contributed by atoms with van der Waals surface area (Å²) in [5.41, 5.74) is -0.755. The molecule has 0 aliphatic carbocycles. The highest BCUT2D eigenvalue weighted by Crippen LogP contribution is 2.18. The molecule has 0 spiro atoms. The SMILES string of the molecule is CCC(=O)C(C)(C)CF.